The number of piperazine rings is 1. The van der Waals surface area contributed by atoms with Crippen molar-refractivity contribution in [1.82, 2.24) is 14.8 Å². The van der Waals surface area contributed by atoms with Gasteiger partial charge in [0.1, 0.15) is 5.69 Å². The standard InChI is InChI=1S/C14H16BrN3OS/c15-11-8-13(16-9-11)14(19)18-5-3-17(4-6-18)10-12-2-1-7-20-12/h1-2,7-9,16H,3-6,10H2. The first kappa shape index (κ1) is 13.9. The van der Waals surface area contributed by atoms with Gasteiger partial charge in [-0.2, -0.15) is 0 Å². The molecule has 0 aliphatic carbocycles. The van der Waals surface area contributed by atoms with Crippen molar-refractivity contribution < 1.29 is 4.79 Å². The number of nitrogens with zero attached hydrogens (tertiary/aromatic N) is 2. The molecule has 3 rings (SSSR count). The molecule has 106 valence electrons. The monoisotopic (exact) mass is 353 g/mol. The topological polar surface area (TPSA) is 39.3 Å². The first-order valence-electron chi connectivity index (χ1n) is 6.60. The Morgan fingerprint density at radius 3 is 2.75 bits per heavy atom. The Balaban J connectivity index is 1.54. The van der Waals surface area contributed by atoms with Crippen LogP contribution >= 0.6 is 27.3 Å². The highest BCUT2D eigenvalue weighted by Crippen LogP contribution is 2.16. The molecule has 6 heteroatoms. The van der Waals surface area contributed by atoms with E-state index < -0.39 is 0 Å². The zero-order valence-corrected chi connectivity index (χ0v) is 13.4. The Bertz CT molecular complexity index is 573. The Morgan fingerprint density at radius 2 is 2.15 bits per heavy atom. The fourth-order valence-corrected chi connectivity index (χ4v) is 3.48. The molecule has 0 bridgehead atoms. The van der Waals surface area contributed by atoms with Crippen molar-refractivity contribution in [3.8, 4) is 0 Å². The van der Waals surface area contributed by atoms with Gasteiger partial charge in [-0.3, -0.25) is 9.69 Å². The number of hydrogen-bond donors (Lipinski definition) is 1. The third kappa shape index (κ3) is 3.13. The van der Waals surface area contributed by atoms with Crippen molar-refractivity contribution in [2.45, 2.75) is 6.54 Å². The number of halogens is 1. The summed E-state index contributed by atoms with van der Waals surface area (Å²) in [5.41, 5.74) is 0.656. The molecule has 0 spiro atoms. The molecule has 3 heterocycles. The van der Waals surface area contributed by atoms with E-state index in [0.29, 0.717) is 5.69 Å². The van der Waals surface area contributed by atoms with E-state index >= 15 is 0 Å². The van der Waals surface area contributed by atoms with Crippen molar-refractivity contribution in [1.29, 1.82) is 0 Å². The number of carbonyl (C=O) groups excluding carboxylic acids is 1. The summed E-state index contributed by atoms with van der Waals surface area (Å²) < 4.78 is 0.914. The number of H-pyrrole nitrogens is 1. The molecule has 1 amide bonds. The van der Waals surface area contributed by atoms with Gasteiger partial charge in [-0.15, -0.1) is 11.3 Å². The minimum atomic E-state index is 0.0893. The molecule has 1 aliphatic heterocycles. The average Bonchev–Trinajstić information content (AvgIpc) is 3.10. The summed E-state index contributed by atoms with van der Waals surface area (Å²) in [6.07, 6.45) is 1.79. The Labute approximate surface area is 130 Å². The molecule has 1 N–H and O–H groups in total. The van der Waals surface area contributed by atoms with Crippen LogP contribution in [0.25, 0.3) is 0 Å². The number of hydrogen-bond acceptors (Lipinski definition) is 3. The molecule has 1 saturated heterocycles. The molecule has 2 aromatic rings. The third-order valence-electron chi connectivity index (χ3n) is 3.50. The van der Waals surface area contributed by atoms with E-state index in [4.69, 9.17) is 0 Å². The minimum Gasteiger partial charge on any atom is -0.356 e. The number of carbonyl (C=O) groups is 1. The van der Waals surface area contributed by atoms with Crippen molar-refractivity contribution in [3.05, 3.63) is 44.8 Å². The smallest absolute Gasteiger partial charge is 0.270 e. The first-order valence-corrected chi connectivity index (χ1v) is 8.27. The summed E-state index contributed by atoms with van der Waals surface area (Å²) >= 11 is 5.15. The van der Waals surface area contributed by atoms with Gasteiger partial charge in [0.2, 0.25) is 0 Å². The predicted octanol–water partition coefficient (Wildman–Crippen LogP) is 2.80. The van der Waals surface area contributed by atoms with Gasteiger partial charge < -0.3 is 9.88 Å². The Kier molecular flexibility index (Phi) is 4.24. The molecule has 0 radical (unpaired) electrons. The van der Waals surface area contributed by atoms with Crippen LogP contribution in [0.1, 0.15) is 15.4 Å². The Morgan fingerprint density at radius 1 is 1.35 bits per heavy atom. The molecule has 0 atom stereocenters. The molecule has 2 aromatic heterocycles. The highest BCUT2D eigenvalue weighted by molar-refractivity contribution is 9.10. The van der Waals surface area contributed by atoms with Gasteiger partial charge in [-0.1, -0.05) is 6.07 Å². The van der Waals surface area contributed by atoms with Crippen LogP contribution in [0.3, 0.4) is 0 Å². The van der Waals surface area contributed by atoms with Crippen molar-refractivity contribution in [3.63, 3.8) is 0 Å². The lowest BCUT2D eigenvalue weighted by Crippen LogP contribution is -2.48. The van der Waals surface area contributed by atoms with Crippen molar-refractivity contribution in [2.75, 3.05) is 26.2 Å². The van der Waals surface area contributed by atoms with Gasteiger partial charge in [0, 0.05) is 48.3 Å². The molecule has 0 aromatic carbocycles. The quantitative estimate of drug-likeness (QED) is 0.921. The normalized spacial score (nSPS) is 16.6. The van der Waals surface area contributed by atoms with Gasteiger partial charge in [-0.25, -0.2) is 0 Å². The van der Waals surface area contributed by atoms with Crippen LogP contribution in [0, 0.1) is 0 Å². The lowest BCUT2D eigenvalue weighted by Gasteiger charge is -2.34. The second-order valence-electron chi connectivity index (χ2n) is 4.88. The molecule has 4 nitrogen and oxygen atoms in total. The zero-order valence-electron chi connectivity index (χ0n) is 11.0. The van der Waals surface area contributed by atoms with Crippen LogP contribution in [0.15, 0.2) is 34.2 Å². The number of amides is 1. The van der Waals surface area contributed by atoms with Crippen LogP contribution in [-0.4, -0.2) is 46.9 Å². The van der Waals surface area contributed by atoms with Crippen LogP contribution in [0.5, 0.6) is 0 Å². The number of nitrogens with one attached hydrogen (secondary N) is 1. The molecule has 1 aliphatic rings. The lowest BCUT2D eigenvalue weighted by atomic mass is 10.2. The maximum absolute atomic E-state index is 12.3. The molecule has 0 saturated carbocycles. The number of thiophene rings is 1. The molecular weight excluding hydrogens is 338 g/mol. The summed E-state index contributed by atoms with van der Waals surface area (Å²) in [6.45, 7) is 4.45. The third-order valence-corrected chi connectivity index (χ3v) is 4.82. The van der Waals surface area contributed by atoms with E-state index in [0.717, 1.165) is 37.2 Å². The lowest BCUT2D eigenvalue weighted by molar-refractivity contribution is 0.0624. The van der Waals surface area contributed by atoms with Crippen LogP contribution < -0.4 is 0 Å². The van der Waals surface area contributed by atoms with Gasteiger partial charge in [0.05, 0.1) is 0 Å². The second kappa shape index (κ2) is 6.11. The number of rotatable bonds is 3. The van der Waals surface area contributed by atoms with E-state index in [1.807, 2.05) is 11.0 Å². The maximum atomic E-state index is 12.3. The van der Waals surface area contributed by atoms with Crippen LogP contribution in [0.2, 0.25) is 0 Å². The zero-order chi connectivity index (χ0) is 13.9. The van der Waals surface area contributed by atoms with E-state index in [2.05, 4.69) is 43.3 Å². The van der Waals surface area contributed by atoms with Gasteiger partial charge in [-0.05, 0) is 33.4 Å². The molecular formula is C14H16BrN3OS. The van der Waals surface area contributed by atoms with E-state index in [9.17, 15) is 4.79 Å². The summed E-state index contributed by atoms with van der Waals surface area (Å²) in [6, 6.07) is 6.09. The largest absolute Gasteiger partial charge is 0.356 e. The van der Waals surface area contributed by atoms with Gasteiger partial charge >= 0.3 is 0 Å². The Hall–Kier alpha value is -1.11. The van der Waals surface area contributed by atoms with Crippen molar-refractivity contribution in [2.24, 2.45) is 0 Å². The SMILES string of the molecule is O=C(c1cc(Br)c[nH]1)N1CCN(Cc2cccs2)CC1. The highest BCUT2D eigenvalue weighted by atomic mass is 79.9. The maximum Gasteiger partial charge on any atom is 0.270 e. The van der Waals surface area contributed by atoms with Crippen LogP contribution in [0.4, 0.5) is 0 Å². The highest BCUT2D eigenvalue weighted by Gasteiger charge is 2.23. The summed E-state index contributed by atoms with van der Waals surface area (Å²) in [5.74, 6) is 0.0893. The summed E-state index contributed by atoms with van der Waals surface area (Å²) in [7, 11) is 0. The second-order valence-corrected chi connectivity index (χ2v) is 6.83. The molecule has 0 unspecified atom stereocenters. The molecule has 1 fully saturated rings. The summed E-state index contributed by atoms with van der Waals surface area (Å²) in [5, 5.41) is 2.11. The van der Waals surface area contributed by atoms with Gasteiger partial charge in [0.25, 0.3) is 5.91 Å². The van der Waals surface area contributed by atoms with E-state index in [-0.39, 0.29) is 5.91 Å². The van der Waals surface area contributed by atoms with E-state index in [1.54, 1.807) is 17.5 Å². The molecule has 20 heavy (non-hydrogen) atoms. The number of aromatic amines is 1. The fraction of sp³-hybridized carbons (Fsp3) is 0.357. The predicted molar refractivity (Wildman–Crippen MR) is 84.0 cm³/mol. The van der Waals surface area contributed by atoms with E-state index in [1.165, 1.54) is 4.88 Å². The summed E-state index contributed by atoms with van der Waals surface area (Å²) in [4.78, 5) is 21.0. The fourth-order valence-electron chi connectivity index (χ4n) is 2.39. The van der Waals surface area contributed by atoms with Crippen molar-refractivity contribution >= 4 is 33.2 Å². The average molecular weight is 354 g/mol. The van der Waals surface area contributed by atoms with Crippen LogP contribution in [-0.2, 0) is 6.54 Å². The minimum absolute atomic E-state index is 0.0893. The van der Waals surface area contributed by atoms with Gasteiger partial charge in [0.15, 0.2) is 0 Å². The first-order chi connectivity index (χ1) is 9.72. The number of aromatic nitrogens is 1.